The fourth-order valence-electron chi connectivity index (χ4n) is 1.37. The summed E-state index contributed by atoms with van der Waals surface area (Å²) in [6.45, 7) is 1.10. The maximum Gasteiger partial charge on any atom is 0.341 e. The number of urea groups is 1. The van der Waals surface area contributed by atoms with Crippen molar-refractivity contribution in [3.05, 3.63) is 24.3 Å². The van der Waals surface area contributed by atoms with E-state index < -0.39 is 24.6 Å². The molecule has 0 unspecified atom stereocenters. The summed E-state index contributed by atoms with van der Waals surface area (Å²) in [7, 11) is 0. The maximum absolute atomic E-state index is 11.6. The van der Waals surface area contributed by atoms with Crippen molar-refractivity contribution < 1.29 is 29.0 Å². The molecule has 114 valence electrons. The van der Waals surface area contributed by atoms with E-state index >= 15 is 0 Å². The second-order valence-corrected chi connectivity index (χ2v) is 3.79. The summed E-state index contributed by atoms with van der Waals surface area (Å²) in [4.78, 5) is 33.2. The summed E-state index contributed by atoms with van der Waals surface area (Å²) >= 11 is 0. The first-order chi connectivity index (χ1) is 10.0. The van der Waals surface area contributed by atoms with Crippen LogP contribution in [0.1, 0.15) is 6.92 Å². The predicted molar refractivity (Wildman–Crippen MR) is 73.2 cm³/mol. The Morgan fingerprint density at radius 1 is 1.24 bits per heavy atom. The van der Waals surface area contributed by atoms with Crippen LogP contribution in [0.2, 0.25) is 0 Å². The van der Waals surface area contributed by atoms with Crippen LogP contribution < -0.4 is 15.4 Å². The number of para-hydroxylation sites is 2. The highest BCUT2D eigenvalue weighted by Gasteiger charge is 2.10. The monoisotopic (exact) mass is 296 g/mol. The number of carboxylic acid groups (broad SMARTS) is 1. The van der Waals surface area contributed by atoms with Crippen LogP contribution in [0.5, 0.6) is 5.75 Å². The van der Waals surface area contributed by atoms with E-state index in [0.717, 1.165) is 0 Å². The molecular weight excluding hydrogens is 280 g/mol. The van der Waals surface area contributed by atoms with Gasteiger partial charge in [0.05, 0.1) is 12.3 Å². The Morgan fingerprint density at radius 2 is 1.95 bits per heavy atom. The Hall–Kier alpha value is -2.77. The topological polar surface area (TPSA) is 114 Å². The minimum absolute atomic E-state index is 0.214. The van der Waals surface area contributed by atoms with Gasteiger partial charge in [-0.1, -0.05) is 12.1 Å². The minimum atomic E-state index is -1.13. The molecule has 0 fully saturated rings. The number of carbonyl (C=O) groups excluding carboxylic acids is 2. The molecular formula is C13H16N2O6. The van der Waals surface area contributed by atoms with Crippen molar-refractivity contribution in [2.24, 2.45) is 0 Å². The number of aliphatic carboxylic acids is 1. The number of rotatable bonds is 7. The first-order valence-corrected chi connectivity index (χ1v) is 6.17. The van der Waals surface area contributed by atoms with Crippen molar-refractivity contribution in [2.45, 2.75) is 6.92 Å². The fraction of sp³-hybridized carbons (Fsp3) is 0.308. The van der Waals surface area contributed by atoms with Crippen molar-refractivity contribution in [3.8, 4) is 5.75 Å². The molecule has 1 rings (SSSR count). The lowest BCUT2D eigenvalue weighted by molar-refractivity contribution is -0.142. The number of nitrogens with one attached hydrogen (secondary N) is 2. The standard InChI is InChI=1S/C13H16N2O6/c1-2-20-12(18)7-14-13(19)15-9-5-3-4-6-10(9)21-8-11(16)17/h3-6H,2,7-8H2,1H3,(H,16,17)(H2,14,15,19). The Bertz CT molecular complexity index is 517. The van der Waals surface area contributed by atoms with Gasteiger partial charge in [-0.25, -0.2) is 9.59 Å². The fourth-order valence-corrected chi connectivity index (χ4v) is 1.37. The average molecular weight is 296 g/mol. The van der Waals surface area contributed by atoms with Gasteiger partial charge in [-0.3, -0.25) is 4.79 Å². The van der Waals surface area contributed by atoms with Gasteiger partial charge in [0.25, 0.3) is 0 Å². The minimum Gasteiger partial charge on any atom is -0.480 e. The SMILES string of the molecule is CCOC(=O)CNC(=O)Nc1ccccc1OCC(=O)O. The van der Waals surface area contributed by atoms with E-state index in [2.05, 4.69) is 15.4 Å². The number of ether oxygens (including phenoxy) is 2. The quantitative estimate of drug-likeness (QED) is 0.642. The highest BCUT2D eigenvalue weighted by Crippen LogP contribution is 2.23. The van der Waals surface area contributed by atoms with Crippen LogP contribution in [-0.2, 0) is 14.3 Å². The van der Waals surface area contributed by atoms with Gasteiger partial charge in [0, 0.05) is 0 Å². The van der Waals surface area contributed by atoms with Gasteiger partial charge >= 0.3 is 18.0 Å². The number of hydrogen-bond donors (Lipinski definition) is 3. The molecule has 0 atom stereocenters. The first-order valence-electron chi connectivity index (χ1n) is 6.17. The second kappa shape index (κ2) is 8.41. The Kier molecular flexibility index (Phi) is 6.52. The predicted octanol–water partition coefficient (Wildman–Crippen LogP) is 0.835. The highest BCUT2D eigenvalue weighted by molar-refractivity contribution is 5.92. The Balaban J connectivity index is 2.55. The summed E-state index contributed by atoms with van der Waals surface area (Å²) in [6, 6.07) is 5.72. The third-order valence-electron chi connectivity index (χ3n) is 2.19. The number of carbonyl (C=O) groups is 3. The van der Waals surface area contributed by atoms with Gasteiger partial charge in [0.15, 0.2) is 6.61 Å². The van der Waals surface area contributed by atoms with E-state index in [9.17, 15) is 14.4 Å². The number of esters is 1. The number of anilines is 1. The summed E-state index contributed by atoms with van der Waals surface area (Å²) < 4.78 is 9.69. The van der Waals surface area contributed by atoms with Crippen LogP contribution in [-0.4, -0.2) is 42.8 Å². The molecule has 0 aromatic heterocycles. The molecule has 0 bridgehead atoms. The first kappa shape index (κ1) is 16.3. The van der Waals surface area contributed by atoms with Crippen LogP contribution >= 0.6 is 0 Å². The zero-order chi connectivity index (χ0) is 15.7. The lowest BCUT2D eigenvalue weighted by Gasteiger charge is -2.11. The molecule has 0 spiro atoms. The molecule has 8 heteroatoms. The number of benzene rings is 1. The molecule has 0 radical (unpaired) electrons. The van der Waals surface area contributed by atoms with E-state index in [0.29, 0.717) is 5.69 Å². The van der Waals surface area contributed by atoms with Crippen molar-refractivity contribution in [1.29, 1.82) is 0 Å². The summed E-state index contributed by atoms with van der Waals surface area (Å²) in [6.07, 6.45) is 0. The molecule has 8 nitrogen and oxygen atoms in total. The third-order valence-corrected chi connectivity index (χ3v) is 2.19. The molecule has 1 aromatic rings. The van der Waals surface area contributed by atoms with Crippen molar-refractivity contribution in [3.63, 3.8) is 0 Å². The van der Waals surface area contributed by atoms with Crippen LogP contribution in [0.3, 0.4) is 0 Å². The molecule has 21 heavy (non-hydrogen) atoms. The van der Waals surface area contributed by atoms with Crippen LogP contribution in [0.4, 0.5) is 10.5 Å². The van der Waals surface area contributed by atoms with E-state index in [1.165, 1.54) is 6.07 Å². The molecule has 0 aliphatic carbocycles. The van der Waals surface area contributed by atoms with Crippen molar-refractivity contribution >= 4 is 23.7 Å². The maximum atomic E-state index is 11.6. The van der Waals surface area contributed by atoms with Gasteiger partial charge in [0.2, 0.25) is 0 Å². The molecule has 0 saturated heterocycles. The normalized spacial score (nSPS) is 9.57. The van der Waals surface area contributed by atoms with Gasteiger partial charge in [-0.2, -0.15) is 0 Å². The van der Waals surface area contributed by atoms with E-state index in [-0.39, 0.29) is 18.9 Å². The zero-order valence-electron chi connectivity index (χ0n) is 11.4. The van der Waals surface area contributed by atoms with Crippen molar-refractivity contribution in [1.82, 2.24) is 5.32 Å². The number of carboxylic acids is 1. The van der Waals surface area contributed by atoms with Gasteiger partial charge in [-0.15, -0.1) is 0 Å². The third kappa shape index (κ3) is 6.28. The molecule has 0 heterocycles. The summed E-state index contributed by atoms with van der Waals surface area (Å²) in [5.41, 5.74) is 0.292. The molecule has 0 aliphatic heterocycles. The smallest absolute Gasteiger partial charge is 0.341 e. The van der Waals surface area contributed by atoms with E-state index in [1.807, 2.05) is 0 Å². The van der Waals surface area contributed by atoms with Crippen LogP contribution in [0.15, 0.2) is 24.3 Å². The summed E-state index contributed by atoms with van der Waals surface area (Å²) in [5, 5.41) is 13.3. The van der Waals surface area contributed by atoms with Gasteiger partial charge in [0.1, 0.15) is 12.3 Å². The van der Waals surface area contributed by atoms with Gasteiger partial charge < -0.3 is 25.2 Å². The van der Waals surface area contributed by atoms with E-state index in [1.54, 1.807) is 25.1 Å². The number of hydrogen-bond acceptors (Lipinski definition) is 5. The summed E-state index contributed by atoms with van der Waals surface area (Å²) in [5.74, 6) is -1.47. The lowest BCUT2D eigenvalue weighted by Crippen LogP contribution is -2.34. The Morgan fingerprint density at radius 3 is 2.62 bits per heavy atom. The largest absolute Gasteiger partial charge is 0.480 e. The van der Waals surface area contributed by atoms with E-state index in [4.69, 9.17) is 9.84 Å². The molecule has 3 N–H and O–H groups in total. The zero-order valence-corrected chi connectivity index (χ0v) is 11.4. The molecule has 0 aliphatic rings. The lowest BCUT2D eigenvalue weighted by atomic mass is 10.3. The van der Waals surface area contributed by atoms with Gasteiger partial charge in [-0.05, 0) is 19.1 Å². The molecule has 2 amide bonds. The molecule has 1 aromatic carbocycles. The van der Waals surface area contributed by atoms with Crippen molar-refractivity contribution in [2.75, 3.05) is 25.1 Å². The molecule has 0 saturated carbocycles. The Labute approximate surface area is 121 Å². The van der Waals surface area contributed by atoms with Crippen LogP contribution in [0.25, 0.3) is 0 Å². The average Bonchev–Trinajstić information content (AvgIpc) is 2.44. The highest BCUT2D eigenvalue weighted by atomic mass is 16.5. The second-order valence-electron chi connectivity index (χ2n) is 3.79. The van der Waals surface area contributed by atoms with Crippen LogP contribution in [0, 0.1) is 0 Å². The number of amides is 2.